The number of nitrogens with zero attached hydrogens (tertiary/aromatic N) is 1. The Balaban J connectivity index is 1.69. The Labute approximate surface area is 185 Å². The van der Waals surface area contributed by atoms with Crippen molar-refractivity contribution in [3.63, 3.8) is 0 Å². The minimum absolute atomic E-state index is 0.0863. The number of hydrogen-bond acceptors (Lipinski definition) is 4. The Morgan fingerprint density at radius 3 is 2.45 bits per heavy atom. The van der Waals surface area contributed by atoms with Gasteiger partial charge in [0.2, 0.25) is 15.9 Å². The van der Waals surface area contributed by atoms with Gasteiger partial charge in [-0.15, -0.1) is 0 Å². The van der Waals surface area contributed by atoms with E-state index in [1.165, 1.54) is 17.4 Å². The molecule has 0 atom stereocenters. The van der Waals surface area contributed by atoms with Crippen LogP contribution in [0.25, 0.3) is 0 Å². The lowest BCUT2D eigenvalue weighted by Gasteiger charge is -2.30. The molecule has 166 valence electrons. The summed E-state index contributed by atoms with van der Waals surface area (Å²) < 4.78 is 40.2. The molecule has 1 saturated heterocycles. The second-order valence-corrected chi connectivity index (χ2v) is 9.67. The second-order valence-electron chi connectivity index (χ2n) is 7.32. The smallest absolute Gasteiger partial charge is 0.253 e. The van der Waals surface area contributed by atoms with Gasteiger partial charge in [0.25, 0.3) is 5.91 Å². The number of sulfonamides is 1. The van der Waals surface area contributed by atoms with Gasteiger partial charge >= 0.3 is 0 Å². The third kappa shape index (κ3) is 4.89. The van der Waals surface area contributed by atoms with Gasteiger partial charge < -0.3 is 10.6 Å². The van der Waals surface area contributed by atoms with Crippen molar-refractivity contribution in [3.05, 3.63) is 58.4 Å². The molecule has 0 saturated carbocycles. The molecule has 1 aliphatic heterocycles. The normalized spacial score (nSPS) is 15.5. The van der Waals surface area contributed by atoms with Crippen molar-refractivity contribution in [1.29, 1.82) is 0 Å². The number of aryl methyl sites for hydroxylation is 1. The molecule has 0 spiro atoms. The van der Waals surface area contributed by atoms with Crippen molar-refractivity contribution < 1.29 is 22.4 Å². The van der Waals surface area contributed by atoms with Crippen molar-refractivity contribution in [2.75, 3.05) is 25.5 Å². The third-order valence-corrected chi connectivity index (χ3v) is 7.52. The summed E-state index contributed by atoms with van der Waals surface area (Å²) in [5, 5.41) is 5.11. The standard InChI is InChI=1S/C21H23ClFN3O4S/c1-13-4-3-5-18(19(13)21(28)24-2)25-20(27)14-8-10-26(11-9-14)31(29,30)15-6-7-17(23)16(22)12-15/h3-7,12,14H,8-11H2,1-2H3,(H,24,28)(H,25,27). The zero-order chi connectivity index (χ0) is 22.8. The Morgan fingerprint density at radius 1 is 1.16 bits per heavy atom. The van der Waals surface area contributed by atoms with Gasteiger partial charge in [-0.2, -0.15) is 4.31 Å². The van der Waals surface area contributed by atoms with Crippen LogP contribution in [0.15, 0.2) is 41.3 Å². The Kier molecular flexibility index (Phi) is 6.98. The maximum Gasteiger partial charge on any atom is 0.253 e. The number of halogens is 2. The predicted octanol–water partition coefficient (Wildman–Crippen LogP) is 3.19. The number of benzene rings is 2. The maximum absolute atomic E-state index is 13.4. The van der Waals surface area contributed by atoms with Crippen LogP contribution in [0.1, 0.15) is 28.8 Å². The summed E-state index contributed by atoms with van der Waals surface area (Å²) in [5.74, 6) is -1.66. The lowest BCUT2D eigenvalue weighted by atomic mass is 9.96. The van der Waals surface area contributed by atoms with E-state index >= 15 is 0 Å². The number of carbonyl (C=O) groups excluding carboxylic acids is 2. The summed E-state index contributed by atoms with van der Waals surface area (Å²) in [6.45, 7) is 2.07. The summed E-state index contributed by atoms with van der Waals surface area (Å²) >= 11 is 5.72. The van der Waals surface area contributed by atoms with Crippen molar-refractivity contribution in [3.8, 4) is 0 Å². The molecular formula is C21H23ClFN3O4S. The largest absolute Gasteiger partial charge is 0.355 e. The molecule has 0 radical (unpaired) electrons. The molecule has 1 fully saturated rings. The Bertz CT molecular complexity index is 1120. The first-order valence-electron chi connectivity index (χ1n) is 9.73. The first-order chi connectivity index (χ1) is 14.6. The topological polar surface area (TPSA) is 95.6 Å². The lowest BCUT2D eigenvalue weighted by Crippen LogP contribution is -2.41. The van der Waals surface area contributed by atoms with Crippen LogP contribution in [0.4, 0.5) is 10.1 Å². The van der Waals surface area contributed by atoms with Crippen LogP contribution >= 0.6 is 11.6 Å². The van der Waals surface area contributed by atoms with E-state index in [2.05, 4.69) is 10.6 Å². The van der Waals surface area contributed by atoms with Gasteiger partial charge in [-0.1, -0.05) is 23.7 Å². The fraction of sp³-hybridized carbons (Fsp3) is 0.333. The maximum atomic E-state index is 13.4. The van der Waals surface area contributed by atoms with Crippen molar-refractivity contribution in [1.82, 2.24) is 9.62 Å². The number of amides is 2. The van der Waals surface area contributed by atoms with Crippen LogP contribution in [-0.4, -0.2) is 44.7 Å². The highest BCUT2D eigenvalue weighted by Gasteiger charge is 2.32. The van der Waals surface area contributed by atoms with Crippen LogP contribution in [-0.2, 0) is 14.8 Å². The van der Waals surface area contributed by atoms with E-state index in [0.29, 0.717) is 24.1 Å². The minimum atomic E-state index is -3.84. The van der Waals surface area contributed by atoms with E-state index in [1.54, 1.807) is 25.1 Å². The van der Waals surface area contributed by atoms with Crippen molar-refractivity contribution in [2.45, 2.75) is 24.7 Å². The van der Waals surface area contributed by atoms with E-state index in [-0.39, 0.29) is 34.8 Å². The van der Waals surface area contributed by atoms with Gasteiger partial charge in [0.05, 0.1) is 21.2 Å². The molecule has 0 aliphatic carbocycles. The van der Waals surface area contributed by atoms with Gasteiger partial charge in [-0.25, -0.2) is 12.8 Å². The number of rotatable bonds is 5. The van der Waals surface area contributed by atoms with Crippen LogP contribution in [0.2, 0.25) is 5.02 Å². The van der Waals surface area contributed by atoms with Crippen molar-refractivity contribution in [2.24, 2.45) is 5.92 Å². The second kappa shape index (κ2) is 9.33. The SMILES string of the molecule is CNC(=O)c1c(C)cccc1NC(=O)C1CCN(S(=O)(=O)c2ccc(F)c(Cl)c2)CC1. The van der Waals surface area contributed by atoms with E-state index in [0.717, 1.165) is 17.7 Å². The molecule has 0 unspecified atom stereocenters. The molecule has 0 aromatic heterocycles. The molecule has 7 nitrogen and oxygen atoms in total. The number of carbonyl (C=O) groups is 2. The van der Waals surface area contributed by atoms with Gasteiger partial charge in [0.1, 0.15) is 5.82 Å². The fourth-order valence-corrected chi connectivity index (χ4v) is 5.32. The molecule has 3 rings (SSSR count). The summed E-state index contributed by atoms with van der Waals surface area (Å²) in [4.78, 5) is 24.9. The quantitative estimate of drug-likeness (QED) is 0.706. The van der Waals surface area contributed by atoms with Crippen molar-refractivity contribution >= 4 is 39.1 Å². The van der Waals surface area contributed by atoms with E-state index in [4.69, 9.17) is 11.6 Å². The molecule has 2 aromatic carbocycles. The molecule has 2 N–H and O–H groups in total. The molecule has 1 heterocycles. The van der Waals surface area contributed by atoms with Crippen LogP contribution in [0.5, 0.6) is 0 Å². The summed E-state index contributed by atoms with van der Waals surface area (Å²) in [6, 6.07) is 8.47. The molecule has 2 amide bonds. The zero-order valence-corrected chi connectivity index (χ0v) is 18.7. The molecule has 10 heteroatoms. The highest BCUT2D eigenvalue weighted by molar-refractivity contribution is 7.89. The molecule has 31 heavy (non-hydrogen) atoms. The molecule has 2 aromatic rings. The minimum Gasteiger partial charge on any atom is -0.355 e. The summed E-state index contributed by atoms with van der Waals surface area (Å²) in [5.41, 5.74) is 1.54. The fourth-order valence-electron chi connectivity index (χ4n) is 3.58. The number of anilines is 1. The van der Waals surface area contributed by atoms with E-state index in [9.17, 15) is 22.4 Å². The number of nitrogens with one attached hydrogen (secondary N) is 2. The van der Waals surface area contributed by atoms with E-state index in [1.807, 2.05) is 0 Å². The average Bonchev–Trinajstić information content (AvgIpc) is 2.75. The molecule has 0 bridgehead atoms. The van der Waals surface area contributed by atoms with Crippen LogP contribution < -0.4 is 10.6 Å². The Hall–Kier alpha value is -2.49. The Morgan fingerprint density at radius 2 is 1.84 bits per heavy atom. The lowest BCUT2D eigenvalue weighted by molar-refractivity contribution is -0.120. The third-order valence-electron chi connectivity index (χ3n) is 5.34. The van der Waals surface area contributed by atoms with Gasteiger partial charge in [-0.3, -0.25) is 9.59 Å². The van der Waals surface area contributed by atoms with Gasteiger partial charge in [-0.05, 0) is 49.6 Å². The predicted molar refractivity (Wildman–Crippen MR) is 116 cm³/mol. The summed E-state index contributed by atoms with van der Waals surface area (Å²) in [7, 11) is -2.32. The number of piperidine rings is 1. The van der Waals surface area contributed by atoms with Gasteiger partial charge in [0, 0.05) is 26.1 Å². The highest BCUT2D eigenvalue weighted by Crippen LogP contribution is 2.28. The average molecular weight is 468 g/mol. The monoisotopic (exact) mass is 467 g/mol. The highest BCUT2D eigenvalue weighted by atomic mass is 35.5. The summed E-state index contributed by atoms with van der Waals surface area (Å²) in [6.07, 6.45) is 0.641. The van der Waals surface area contributed by atoms with Crippen LogP contribution in [0.3, 0.4) is 0 Å². The van der Waals surface area contributed by atoms with Gasteiger partial charge in [0.15, 0.2) is 0 Å². The molecular weight excluding hydrogens is 445 g/mol. The molecule has 1 aliphatic rings. The van der Waals surface area contributed by atoms with E-state index < -0.39 is 21.8 Å². The first-order valence-corrected chi connectivity index (χ1v) is 11.5. The number of hydrogen-bond donors (Lipinski definition) is 2. The van der Waals surface area contributed by atoms with Crippen LogP contribution in [0, 0.1) is 18.7 Å². The first kappa shape index (κ1) is 23.2. The zero-order valence-electron chi connectivity index (χ0n) is 17.1.